The molecule has 146 valence electrons. The first-order chi connectivity index (χ1) is 13.7. The van der Waals surface area contributed by atoms with Crippen LogP contribution >= 0.6 is 0 Å². The summed E-state index contributed by atoms with van der Waals surface area (Å²) >= 11 is 0. The van der Waals surface area contributed by atoms with E-state index in [-0.39, 0.29) is 12.0 Å². The molecule has 2 aromatic heterocycles. The summed E-state index contributed by atoms with van der Waals surface area (Å²) in [6.45, 7) is 4.81. The molecule has 1 aromatic carbocycles. The Bertz CT molecular complexity index is 943. The van der Waals surface area contributed by atoms with Gasteiger partial charge in [0.05, 0.1) is 18.8 Å². The van der Waals surface area contributed by atoms with Crippen LogP contribution in [0.15, 0.2) is 48.7 Å². The number of benzene rings is 1. The number of rotatable bonds is 6. The summed E-state index contributed by atoms with van der Waals surface area (Å²) in [5.74, 6) is 0.428. The van der Waals surface area contributed by atoms with Gasteiger partial charge in [-0.05, 0) is 30.5 Å². The average Bonchev–Trinajstić information content (AvgIpc) is 3.04. The Morgan fingerprint density at radius 1 is 1.25 bits per heavy atom. The standard InChI is InChI=1S/C22H25N3O3/c1-16-14-17-4-2-3-5-20(17)25(16)11-10-23-22(26)18-6-7-21(24-15-18)28-19-8-12-27-13-9-19/h2-7,14-15,19H,8-13H2,1H3,(H,23,26). The molecule has 6 heteroatoms. The van der Waals surface area contributed by atoms with Crippen LogP contribution in [0.1, 0.15) is 28.9 Å². The number of amides is 1. The third kappa shape index (κ3) is 4.17. The van der Waals surface area contributed by atoms with Crippen molar-refractivity contribution in [1.29, 1.82) is 0 Å². The Balaban J connectivity index is 1.31. The number of nitrogens with zero attached hydrogens (tertiary/aromatic N) is 2. The van der Waals surface area contributed by atoms with Crippen molar-refractivity contribution < 1.29 is 14.3 Å². The average molecular weight is 379 g/mol. The third-order valence-electron chi connectivity index (χ3n) is 5.09. The van der Waals surface area contributed by atoms with Gasteiger partial charge in [0.1, 0.15) is 6.10 Å². The van der Waals surface area contributed by atoms with E-state index in [1.54, 1.807) is 18.3 Å². The monoisotopic (exact) mass is 379 g/mol. The zero-order chi connectivity index (χ0) is 19.3. The molecule has 1 amide bonds. The molecule has 1 aliphatic heterocycles. The summed E-state index contributed by atoms with van der Waals surface area (Å²) in [4.78, 5) is 16.7. The Labute approximate surface area is 164 Å². The van der Waals surface area contributed by atoms with Crippen molar-refractivity contribution in [3.8, 4) is 5.88 Å². The SMILES string of the molecule is Cc1cc2ccccc2n1CCNC(=O)c1ccc(OC2CCOCC2)nc1. The van der Waals surface area contributed by atoms with E-state index < -0.39 is 0 Å². The van der Waals surface area contributed by atoms with Crippen molar-refractivity contribution in [3.05, 3.63) is 59.9 Å². The zero-order valence-electron chi connectivity index (χ0n) is 16.1. The van der Waals surface area contributed by atoms with Gasteiger partial charge in [0.15, 0.2) is 0 Å². The quantitative estimate of drug-likeness (QED) is 0.713. The van der Waals surface area contributed by atoms with Crippen molar-refractivity contribution in [2.75, 3.05) is 19.8 Å². The normalized spacial score (nSPS) is 14.9. The minimum Gasteiger partial charge on any atom is -0.474 e. The fourth-order valence-electron chi connectivity index (χ4n) is 3.58. The fraction of sp³-hybridized carbons (Fsp3) is 0.364. The summed E-state index contributed by atoms with van der Waals surface area (Å²) in [5, 5.41) is 4.19. The van der Waals surface area contributed by atoms with Gasteiger partial charge in [0, 0.05) is 49.4 Å². The molecule has 0 unspecified atom stereocenters. The number of para-hydroxylation sites is 1. The molecule has 3 heterocycles. The van der Waals surface area contributed by atoms with E-state index >= 15 is 0 Å². The first kappa shape index (κ1) is 18.5. The van der Waals surface area contributed by atoms with Gasteiger partial charge in [-0.3, -0.25) is 4.79 Å². The molecule has 0 spiro atoms. The number of hydrogen-bond acceptors (Lipinski definition) is 4. The first-order valence-corrected chi connectivity index (χ1v) is 9.74. The molecule has 1 aliphatic rings. The van der Waals surface area contributed by atoms with Gasteiger partial charge in [-0.15, -0.1) is 0 Å². The van der Waals surface area contributed by atoms with E-state index in [2.05, 4.69) is 40.0 Å². The summed E-state index contributed by atoms with van der Waals surface area (Å²) in [6, 6.07) is 14.0. The van der Waals surface area contributed by atoms with Crippen LogP contribution in [-0.2, 0) is 11.3 Å². The molecular formula is C22H25N3O3. The topological polar surface area (TPSA) is 65.4 Å². The third-order valence-corrected chi connectivity index (χ3v) is 5.09. The van der Waals surface area contributed by atoms with Crippen LogP contribution < -0.4 is 10.1 Å². The van der Waals surface area contributed by atoms with Crippen LogP contribution in [0.3, 0.4) is 0 Å². The van der Waals surface area contributed by atoms with Gasteiger partial charge >= 0.3 is 0 Å². The van der Waals surface area contributed by atoms with E-state index in [4.69, 9.17) is 9.47 Å². The predicted molar refractivity (Wildman–Crippen MR) is 108 cm³/mol. The van der Waals surface area contributed by atoms with Crippen molar-refractivity contribution in [3.63, 3.8) is 0 Å². The highest BCUT2D eigenvalue weighted by atomic mass is 16.5. The number of nitrogens with one attached hydrogen (secondary N) is 1. The summed E-state index contributed by atoms with van der Waals surface area (Å²) in [6.07, 6.45) is 3.45. The molecule has 0 bridgehead atoms. The Morgan fingerprint density at radius 2 is 2.07 bits per heavy atom. The van der Waals surface area contributed by atoms with Crippen molar-refractivity contribution in [1.82, 2.24) is 14.9 Å². The highest BCUT2D eigenvalue weighted by Crippen LogP contribution is 2.19. The molecule has 3 aromatic rings. The van der Waals surface area contributed by atoms with Crippen molar-refractivity contribution >= 4 is 16.8 Å². The largest absolute Gasteiger partial charge is 0.474 e. The van der Waals surface area contributed by atoms with Crippen LogP contribution in [0.2, 0.25) is 0 Å². The summed E-state index contributed by atoms with van der Waals surface area (Å²) < 4.78 is 13.4. The maximum atomic E-state index is 12.4. The predicted octanol–water partition coefficient (Wildman–Crippen LogP) is 3.33. The highest BCUT2D eigenvalue weighted by Gasteiger charge is 2.16. The maximum Gasteiger partial charge on any atom is 0.252 e. The minimum atomic E-state index is -0.126. The minimum absolute atomic E-state index is 0.126. The van der Waals surface area contributed by atoms with Gasteiger partial charge in [0.2, 0.25) is 5.88 Å². The first-order valence-electron chi connectivity index (χ1n) is 9.74. The smallest absolute Gasteiger partial charge is 0.252 e. The molecule has 0 atom stereocenters. The van der Waals surface area contributed by atoms with Crippen molar-refractivity contribution in [2.45, 2.75) is 32.4 Å². The molecule has 0 aliphatic carbocycles. The van der Waals surface area contributed by atoms with Gasteiger partial charge in [-0.2, -0.15) is 0 Å². The lowest BCUT2D eigenvalue weighted by Crippen LogP contribution is -2.28. The van der Waals surface area contributed by atoms with Gasteiger partial charge in [-0.25, -0.2) is 4.98 Å². The second kappa shape index (κ2) is 8.44. The lowest BCUT2D eigenvalue weighted by atomic mass is 10.1. The van der Waals surface area contributed by atoms with Crippen LogP contribution in [-0.4, -0.2) is 41.3 Å². The molecule has 6 nitrogen and oxygen atoms in total. The molecule has 1 N–H and O–H groups in total. The van der Waals surface area contributed by atoms with E-state index in [1.165, 1.54) is 16.6 Å². The number of hydrogen-bond donors (Lipinski definition) is 1. The lowest BCUT2D eigenvalue weighted by Gasteiger charge is -2.22. The number of ether oxygens (including phenoxy) is 2. The fourth-order valence-corrected chi connectivity index (χ4v) is 3.58. The van der Waals surface area contributed by atoms with Crippen LogP contribution in [0.5, 0.6) is 5.88 Å². The van der Waals surface area contributed by atoms with Crippen LogP contribution in [0.4, 0.5) is 0 Å². The number of aryl methyl sites for hydroxylation is 1. The van der Waals surface area contributed by atoms with E-state index in [0.717, 1.165) is 32.6 Å². The number of aromatic nitrogens is 2. The molecule has 28 heavy (non-hydrogen) atoms. The van der Waals surface area contributed by atoms with E-state index in [0.29, 0.717) is 18.0 Å². The second-order valence-electron chi connectivity index (χ2n) is 7.07. The number of fused-ring (bicyclic) bond motifs is 1. The second-order valence-corrected chi connectivity index (χ2v) is 7.07. The highest BCUT2D eigenvalue weighted by molar-refractivity contribution is 5.93. The number of pyridine rings is 1. The lowest BCUT2D eigenvalue weighted by molar-refractivity contribution is 0.0237. The number of carbonyl (C=O) groups is 1. The number of carbonyl (C=O) groups excluding carboxylic acids is 1. The Kier molecular flexibility index (Phi) is 5.58. The van der Waals surface area contributed by atoms with Gasteiger partial charge in [-0.1, -0.05) is 18.2 Å². The molecule has 1 saturated heterocycles. The molecular weight excluding hydrogens is 354 g/mol. The maximum absolute atomic E-state index is 12.4. The van der Waals surface area contributed by atoms with Gasteiger partial charge in [0.25, 0.3) is 5.91 Å². The van der Waals surface area contributed by atoms with E-state index in [1.807, 2.05) is 12.1 Å². The summed E-state index contributed by atoms with van der Waals surface area (Å²) in [5.41, 5.74) is 2.91. The Morgan fingerprint density at radius 3 is 2.86 bits per heavy atom. The van der Waals surface area contributed by atoms with Crippen molar-refractivity contribution in [2.24, 2.45) is 0 Å². The van der Waals surface area contributed by atoms with E-state index in [9.17, 15) is 4.79 Å². The molecule has 4 rings (SSSR count). The molecule has 0 saturated carbocycles. The zero-order valence-corrected chi connectivity index (χ0v) is 16.1. The Hall–Kier alpha value is -2.86. The molecule has 0 radical (unpaired) electrons. The summed E-state index contributed by atoms with van der Waals surface area (Å²) in [7, 11) is 0. The van der Waals surface area contributed by atoms with Gasteiger partial charge < -0.3 is 19.4 Å². The van der Waals surface area contributed by atoms with Crippen LogP contribution in [0.25, 0.3) is 10.9 Å². The molecule has 1 fully saturated rings. The van der Waals surface area contributed by atoms with Crippen LogP contribution in [0, 0.1) is 6.92 Å².